The second kappa shape index (κ2) is 6.70. The smallest absolute Gasteiger partial charge is 0.450 e. The first-order valence-electron chi connectivity index (χ1n) is 4.91. The molecule has 0 aliphatic rings. The lowest BCUT2D eigenvalue weighted by molar-refractivity contribution is 0.0892. The molecule has 0 bridgehead atoms. The Morgan fingerprint density at radius 2 is 2.25 bits per heavy atom. The summed E-state index contributed by atoms with van der Waals surface area (Å²) in [5, 5.41) is 8.36. The lowest BCUT2D eigenvalue weighted by atomic mass is 9.98. The Bertz CT molecular complexity index is 355. The highest BCUT2D eigenvalue weighted by Crippen LogP contribution is 2.31. The van der Waals surface area contributed by atoms with Gasteiger partial charge in [0.05, 0.1) is 6.61 Å². The molecule has 1 rings (SSSR count). The molecule has 1 aromatic carbocycles. The lowest BCUT2D eigenvalue weighted by Crippen LogP contribution is -2.05. The van der Waals surface area contributed by atoms with Crippen molar-refractivity contribution in [1.29, 1.82) is 0 Å². The average molecular weight is 258 g/mol. The van der Waals surface area contributed by atoms with Crippen LogP contribution in [0, 0.1) is 0 Å². The van der Waals surface area contributed by atoms with Gasteiger partial charge in [-0.05, 0) is 24.0 Å². The Morgan fingerprint density at radius 1 is 1.56 bits per heavy atom. The molecular formula is C11H14O3S2. The van der Waals surface area contributed by atoms with Crippen molar-refractivity contribution in [3.8, 4) is 0 Å². The zero-order valence-electron chi connectivity index (χ0n) is 8.92. The first-order chi connectivity index (χ1) is 7.65. The zero-order valence-corrected chi connectivity index (χ0v) is 10.6. The number of carbonyl (C=O) groups is 1. The van der Waals surface area contributed by atoms with Gasteiger partial charge in [0.15, 0.2) is 0 Å². The van der Waals surface area contributed by atoms with Gasteiger partial charge in [-0.3, -0.25) is 0 Å². The Kier molecular flexibility index (Phi) is 5.55. The van der Waals surface area contributed by atoms with Gasteiger partial charge in [-0.25, -0.2) is 4.79 Å². The normalized spacial score (nSPS) is 12.1. The van der Waals surface area contributed by atoms with E-state index in [-0.39, 0.29) is 12.5 Å². The molecule has 0 aliphatic carbocycles. The monoisotopic (exact) mass is 258 g/mol. The van der Waals surface area contributed by atoms with E-state index < -0.39 is 6.16 Å². The molecule has 1 unspecified atom stereocenters. The third-order valence-corrected chi connectivity index (χ3v) is 3.48. The van der Waals surface area contributed by atoms with Gasteiger partial charge in [-0.1, -0.05) is 35.9 Å². The fourth-order valence-electron chi connectivity index (χ4n) is 1.45. The Balaban J connectivity index is 2.58. The zero-order chi connectivity index (χ0) is 12.0. The molecular weight excluding hydrogens is 244 g/mol. The summed E-state index contributed by atoms with van der Waals surface area (Å²) in [5.74, 6) is 0.259. The van der Waals surface area contributed by atoms with E-state index in [4.69, 9.17) is 5.11 Å². The minimum absolute atomic E-state index is 0.224. The molecule has 0 saturated heterocycles. The third kappa shape index (κ3) is 3.98. The molecule has 1 aromatic rings. The van der Waals surface area contributed by atoms with E-state index in [1.54, 1.807) is 0 Å². The Hall–Kier alpha value is -0.810. The molecule has 0 fully saturated rings. The van der Waals surface area contributed by atoms with Crippen molar-refractivity contribution in [3.63, 3.8) is 0 Å². The molecule has 1 N–H and O–H groups in total. The molecule has 88 valence electrons. The van der Waals surface area contributed by atoms with Crippen LogP contribution in [0.15, 0.2) is 29.2 Å². The fourth-order valence-corrected chi connectivity index (χ4v) is 2.46. The highest BCUT2D eigenvalue weighted by atomic mass is 33.1. The molecule has 1 atom stereocenters. The maximum atomic E-state index is 10.2. The molecule has 16 heavy (non-hydrogen) atoms. The van der Waals surface area contributed by atoms with Crippen LogP contribution in [0.25, 0.3) is 0 Å². The fraction of sp³-hybridized carbons (Fsp3) is 0.364. The van der Waals surface area contributed by atoms with Crippen molar-refractivity contribution >= 4 is 28.6 Å². The van der Waals surface area contributed by atoms with Crippen molar-refractivity contribution in [3.05, 3.63) is 29.8 Å². The van der Waals surface area contributed by atoms with Gasteiger partial charge in [0.1, 0.15) is 0 Å². The summed E-state index contributed by atoms with van der Waals surface area (Å²) in [6.07, 6.45) is -0.540. The molecule has 5 heteroatoms. The predicted octanol–water partition coefficient (Wildman–Crippen LogP) is 3.81. The quantitative estimate of drug-likeness (QED) is 0.479. The van der Waals surface area contributed by atoms with Crippen LogP contribution in [-0.2, 0) is 4.74 Å². The number of hydrogen-bond donors (Lipinski definition) is 2. The number of benzene rings is 1. The second-order valence-corrected chi connectivity index (χ2v) is 4.60. The summed E-state index contributed by atoms with van der Waals surface area (Å²) in [4.78, 5) is 11.3. The molecule has 0 radical (unpaired) electrons. The third-order valence-electron chi connectivity index (χ3n) is 2.32. The van der Waals surface area contributed by atoms with E-state index >= 15 is 0 Å². The van der Waals surface area contributed by atoms with Gasteiger partial charge >= 0.3 is 6.16 Å². The standard InChI is InChI=1S/C11H14O3S2/c1-8(6-7-14-11(12)13)9-4-2-3-5-10(9)16-15/h2-5,8,15H,6-7H2,1H3,(H,12,13). The van der Waals surface area contributed by atoms with Crippen LogP contribution < -0.4 is 0 Å². The van der Waals surface area contributed by atoms with E-state index in [0.717, 1.165) is 4.90 Å². The van der Waals surface area contributed by atoms with Crippen LogP contribution in [-0.4, -0.2) is 17.9 Å². The molecule has 0 spiro atoms. The molecule has 0 aliphatic heterocycles. The van der Waals surface area contributed by atoms with Gasteiger partial charge in [0.25, 0.3) is 0 Å². The minimum Gasteiger partial charge on any atom is -0.450 e. The number of thiol groups is 1. The highest BCUT2D eigenvalue weighted by Gasteiger charge is 2.10. The van der Waals surface area contributed by atoms with Gasteiger partial charge < -0.3 is 9.84 Å². The highest BCUT2D eigenvalue weighted by molar-refractivity contribution is 8.68. The number of ether oxygens (including phenoxy) is 1. The summed E-state index contributed by atoms with van der Waals surface area (Å²) in [6, 6.07) is 7.96. The number of rotatable bonds is 5. The molecule has 0 amide bonds. The predicted molar refractivity (Wildman–Crippen MR) is 68.3 cm³/mol. The van der Waals surface area contributed by atoms with Crippen LogP contribution in [0.4, 0.5) is 4.79 Å². The molecule has 0 saturated carbocycles. The van der Waals surface area contributed by atoms with Crippen LogP contribution in [0.1, 0.15) is 24.8 Å². The summed E-state index contributed by atoms with van der Waals surface area (Å²) >= 11 is 4.19. The molecule has 0 aromatic heterocycles. The van der Waals surface area contributed by atoms with Gasteiger partial charge in [0.2, 0.25) is 0 Å². The van der Waals surface area contributed by atoms with Crippen molar-refractivity contribution in [2.24, 2.45) is 0 Å². The van der Waals surface area contributed by atoms with E-state index in [9.17, 15) is 4.79 Å². The van der Waals surface area contributed by atoms with Crippen LogP contribution in [0.3, 0.4) is 0 Å². The molecule has 3 nitrogen and oxygen atoms in total. The maximum absolute atomic E-state index is 10.2. The molecule has 0 heterocycles. The van der Waals surface area contributed by atoms with Crippen molar-refractivity contribution in [1.82, 2.24) is 0 Å². The first-order valence-corrected chi connectivity index (χ1v) is 6.78. The van der Waals surface area contributed by atoms with Crippen LogP contribution in [0.2, 0.25) is 0 Å². The summed E-state index contributed by atoms with van der Waals surface area (Å²) in [5.41, 5.74) is 1.18. The van der Waals surface area contributed by atoms with Crippen molar-refractivity contribution in [2.45, 2.75) is 24.2 Å². The number of carboxylic acid groups (broad SMARTS) is 1. The van der Waals surface area contributed by atoms with E-state index in [0.29, 0.717) is 6.42 Å². The van der Waals surface area contributed by atoms with E-state index in [1.165, 1.54) is 16.4 Å². The maximum Gasteiger partial charge on any atom is 0.505 e. The Labute approximate surface area is 104 Å². The minimum atomic E-state index is -1.22. The summed E-state index contributed by atoms with van der Waals surface area (Å²) < 4.78 is 4.50. The summed E-state index contributed by atoms with van der Waals surface area (Å²) in [7, 11) is 1.40. The van der Waals surface area contributed by atoms with Gasteiger partial charge in [-0.15, -0.1) is 11.7 Å². The summed E-state index contributed by atoms with van der Waals surface area (Å²) in [6.45, 7) is 2.27. The van der Waals surface area contributed by atoms with Crippen LogP contribution >= 0.6 is 22.5 Å². The Morgan fingerprint density at radius 3 is 2.88 bits per heavy atom. The average Bonchev–Trinajstić information content (AvgIpc) is 2.28. The SMILES string of the molecule is CC(CCOC(=O)O)c1ccccc1SS. The van der Waals surface area contributed by atoms with Crippen molar-refractivity contribution < 1.29 is 14.6 Å². The largest absolute Gasteiger partial charge is 0.505 e. The van der Waals surface area contributed by atoms with Crippen LogP contribution in [0.5, 0.6) is 0 Å². The first kappa shape index (κ1) is 13.3. The topological polar surface area (TPSA) is 46.5 Å². The van der Waals surface area contributed by atoms with E-state index in [1.807, 2.05) is 31.2 Å². The number of hydrogen-bond acceptors (Lipinski definition) is 4. The lowest BCUT2D eigenvalue weighted by Gasteiger charge is -2.14. The van der Waals surface area contributed by atoms with Gasteiger partial charge in [0, 0.05) is 4.90 Å². The van der Waals surface area contributed by atoms with Crippen molar-refractivity contribution in [2.75, 3.05) is 6.61 Å². The second-order valence-electron chi connectivity index (χ2n) is 3.43. The van der Waals surface area contributed by atoms with Gasteiger partial charge in [-0.2, -0.15) is 0 Å². The van der Waals surface area contributed by atoms with E-state index in [2.05, 4.69) is 16.4 Å².